The summed E-state index contributed by atoms with van der Waals surface area (Å²) in [5.41, 5.74) is 5.44. The van der Waals surface area contributed by atoms with Gasteiger partial charge in [-0.3, -0.25) is 4.79 Å². The lowest BCUT2D eigenvalue weighted by Gasteiger charge is -2.07. The van der Waals surface area contributed by atoms with Crippen molar-refractivity contribution in [1.82, 2.24) is 15.4 Å². The summed E-state index contributed by atoms with van der Waals surface area (Å²) in [5.74, 6) is 0.755. The fourth-order valence-corrected chi connectivity index (χ4v) is 3.27. The molecule has 0 unspecified atom stereocenters. The van der Waals surface area contributed by atoms with Crippen molar-refractivity contribution < 1.29 is 9.53 Å². The van der Waals surface area contributed by atoms with E-state index in [1.165, 1.54) is 23.5 Å². The van der Waals surface area contributed by atoms with Crippen LogP contribution in [0.4, 0.5) is 0 Å². The van der Waals surface area contributed by atoms with Crippen LogP contribution in [0.5, 0.6) is 5.88 Å². The number of hydrogen-bond acceptors (Lipinski definition) is 6. The summed E-state index contributed by atoms with van der Waals surface area (Å²) in [5, 5.41) is 4.48. The minimum Gasteiger partial charge on any atom is -0.467 e. The van der Waals surface area contributed by atoms with Gasteiger partial charge in [-0.05, 0) is 24.1 Å². The van der Waals surface area contributed by atoms with Crippen molar-refractivity contribution in [2.45, 2.75) is 17.8 Å². The second-order valence-corrected chi connectivity index (χ2v) is 7.22. The fraction of sp³-hybridized carbons (Fsp3) is 0.130. The van der Waals surface area contributed by atoms with Crippen LogP contribution in [0, 0.1) is 6.92 Å². The monoisotopic (exact) mass is 418 g/mol. The molecule has 0 aliphatic carbocycles. The van der Waals surface area contributed by atoms with Gasteiger partial charge in [-0.2, -0.15) is 10.1 Å². The molecule has 0 fully saturated rings. The number of carbonyl (C=O) groups excluding carboxylic acids is 1. The average molecular weight is 419 g/mol. The van der Waals surface area contributed by atoms with Gasteiger partial charge in [0.1, 0.15) is 0 Å². The Morgan fingerprint density at radius 2 is 1.83 bits per heavy atom. The van der Waals surface area contributed by atoms with E-state index in [1.807, 2.05) is 61.5 Å². The summed E-state index contributed by atoms with van der Waals surface area (Å²) >= 11 is 1.52. The molecule has 6 nitrogen and oxygen atoms in total. The van der Waals surface area contributed by atoms with E-state index in [0.29, 0.717) is 11.0 Å². The standard InChI is InChI=1S/C23H22N4O2S/c1-18-15-22(26-23(25-18)30-17-20-11-6-3-7-12-20)29-16-21(28)27-24-14-8-13-19-9-4-2-5-10-19/h2-15H,16-17H2,1H3,(H,27,28)/b13-8+,24-14-. The van der Waals surface area contributed by atoms with Crippen molar-refractivity contribution in [3.8, 4) is 5.88 Å². The molecule has 0 radical (unpaired) electrons. The Labute approximate surface area is 180 Å². The van der Waals surface area contributed by atoms with Gasteiger partial charge < -0.3 is 4.74 Å². The van der Waals surface area contributed by atoms with Gasteiger partial charge in [0, 0.05) is 23.7 Å². The van der Waals surface area contributed by atoms with E-state index in [0.717, 1.165) is 17.0 Å². The second-order valence-electron chi connectivity index (χ2n) is 6.28. The third-order valence-electron chi connectivity index (χ3n) is 3.81. The van der Waals surface area contributed by atoms with Crippen molar-refractivity contribution >= 4 is 30.0 Å². The average Bonchev–Trinajstić information content (AvgIpc) is 2.77. The predicted octanol–water partition coefficient (Wildman–Crippen LogP) is 4.27. The molecule has 0 atom stereocenters. The highest BCUT2D eigenvalue weighted by atomic mass is 32.2. The van der Waals surface area contributed by atoms with Gasteiger partial charge in [-0.25, -0.2) is 10.4 Å². The smallest absolute Gasteiger partial charge is 0.278 e. The summed E-state index contributed by atoms with van der Waals surface area (Å²) in [6, 6.07) is 21.6. The number of nitrogens with zero attached hydrogens (tertiary/aromatic N) is 3. The van der Waals surface area contributed by atoms with Crippen LogP contribution in [0.1, 0.15) is 16.8 Å². The van der Waals surface area contributed by atoms with Crippen LogP contribution in [-0.2, 0) is 10.5 Å². The van der Waals surface area contributed by atoms with E-state index in [-0.39, 0.29) is 12.5 Å². The Kier molecular flexibility index (Phi) is 8.17. The summed E-state index contributed by atoms with van der Waals surface area (Å²) in [4.78, 5) is 20.7. The summed E-state index contributed by atoms with van der Waals surface area (Å²) in [7, 11) is 0. The number of aryl methyl sites for hydroxylation is 1. The molecule has 0 bridgehead atoms. The molecule has 3 aromatic rings. The molecule has 152 valence electrons. The Hall–Kier alpha value is -3.45. The first-order valence-electron chi connectivity index (χ1n) is 9.38. The molecular weight excluding hydrogens is 396 g/mol. The highest BCUT2D eigenvalue weighted by Gasteiger charge is 2.07. The van der Waals surface area contributed by atoms with E-state index >= 15 is 0 Å². The van der Waals surface area contributed by atoms with E-state index in [2.05, 4.69) is 32.6 Å². The highest BCUT2D eigenvalue weighted by molar-refractivity contribution is 7.98. The van der Waals surface area contributed by atoms with Gasteiger partial charge in [-0.15, -0.1) is 0 Å². The number of benzene rings is 2. The van der Waals surface area contributed by atoms with Crippen LogP contribution in [0.25, 0.3) is 6.08 Å². The number of thioether (sulfide) groups is 1. The third kappa shape index (κ3) is 7.52. The van der Waals surface area contributed by atoms with Crippen LogP contribution in [0.3, 0.4) is 0 Å². The number of hydrogen-bond donors (Lipinski definition) is 1. The molecule has 0 saturated carbocycles. The molecule has 3 rings (SSSR count). The molecule has 0 saturated heterocycles. The van der Waals surface area contributed by atoms with Crippen LogP contribution >= 0.6 is 11.8 Å². The van der Waals surface area contributed by atoms with Gasteiger partial charge in [-0.1, -0.05) is 78.5 Å². The highest BCUT2D eigenvalue weighted by Crippen LogP contribution is 2.21. The largest absolute Gasteiger partial charge is 0.467 e. The Morgan fingerprint density at radius 3 is 2.60 bits per heavy atom. The number of hydrazone groups is 1. The Morgan fingerprint density at radius 1 is 1.10 bits per heavy atom. The summed E-state index contributed by atoms with van der Waals surface area (Å²) < 4.78 is 5.50. The minimum absolute atomic E-state index is 0.182. The maximum atomic E-state index is 11.9. The topological polar surface area (TPSA) is 76.5 Å². The van der Waals surface area contributed by atoms with Crippen molar-refractivity contribution in [3.05, 3.63) is 89.6 Å². The fourth-order valence-electron chi connectivity index (χ4n) is 2.42. The second kappa shape index (κ2) is 11.5. The Bertz CT molecular complexity index is 1010. The summed E-state index contributed by atoms with van der Waals surface area (Å²) in [6.45, 7) is 1.68. The first-order chi connectivity index (χ1) is 14.7. The Balaban J connectivity index is 1.45. The number of rotatable bonds is 9. The number of aromatic nitrogens is 2. The number of amides is 1. The van der Waals surface area contributed by atoms with Crippen LogP contribution < -0.4 is 10.2 Å². The molecule has 1 N–H and O–H groups in total. The zero-order valence-electron chi connectivity index (χ0n) is 16.6. The van der Waals surface area contributed by atoms with E-state index in [9.17, 15) is 4.79 Å². The lowest BCUT2D eigenvalue weighted by Crippen LogP contribution is -2.24. The first kappa shape index (κ1) is 21.3. The number of nitrogens with one attached hydrogen (secondary N) is 1. The van der Waals surface area contributed by atoms with Crippen LogP contribution in [0.2, 0.25) is 0 Å². The van der Waals surface area contributed by atoms with Gasteiger partial charge in [0.05, 0.1) is 0 Å². The normalized spacial score (nSPS) is 11.1. The molecular formula is C23H22N4O2S. The molecule has 7 heteroatoms. The minimum atomic E-state index is -0.367. The first-order valence-corrected chi connectivity index (χ1v) is 10.4. The third-order valence-corrected chi connectivity index (χ3v) is 4.73. The lowest BCUT2D eigenvalue weighted by atomic mass is 10.2. The maximum absolute atomic E-state index is 11.9. The molecule has 0 aliphatic heterocycles. The maximum Gasteiger partial charge on any atom is 0.278 e. The summed E-state index contributed by atoms with van der Waals surface area (Å²) in [6.07, 6.45) is 5.16. The van der Waals surface area contributed by atoms with E-state index < -0.39 is 0 Å². The van der Waals surface area contributed by atoms with Crippen LogP contribution in [-0.4, -0.2) is 28.7 Å². The van der Waals surface area contributed by atoms with Crippen molar-refractivity contribution in [3.63, 3.8) is 0 Å². The van der Waals surface area contributed by atoms with Gasteiger partial charge in [0.15, 0.2) is 11.8 Å². The SMILES string of the molecule is Cc1cc(OCC(=O)N/N=C\C=C\c2ccccc2)nc(SCc2ccccc2)n1. The quantitative estimate of drug-likeness (QED) is 0.243. The number of ether oxygens (including phenoxy) is 1. The molecule has 2 aromatic carbocycles. The van der Waals surface area contributed by atoms with Gasteiger partial charge in [0.2, 0.25) is 5.88 Å². The molecule has 1 heterocycles. The van der Waals surface area contributed by atoms with Crippen molar-refractivity contribution in [1.29, 1.82) is 0 Å². The van der Waals surface area contributed by atoms with E-state index in [4.69, 9.17) is 4.74 Å². The van der Waals surface area contributed by atoms with Gasteiger partial charge >= 0.3 is 0 Å². The van der Waals surface area contributed by atoms with Crippen LogP contribution in [0.15, 0.2) is 83.1 Å². The molecule has 1 aromatic heterocycles. The molecule has 0 aliphatic rings. The number of carbonyl (C=O) groups is 1. The molecule has 1 amide bonds. The van der Waals surface area contributed by atoms with E-state index in [1.54, 1.807) is 12.1 Å². The predicted molar refractivity (Wildman–Crippen MR) is 120 cm³/mol. The zero-order valence-corrected chi connectivity index (χ0v) is 17.4. The number of allylic oxidation sites excluding steroid dienone is 1. The van der Waals surface area contributed by atoms with Gasteiger partial charge in [0.25, 0.3) is 5.91 Å². The van der Waals surface area contributed by atoms with Crippen molar-refractivity contribution in [2.24, 2.45) is 5.10 Å². The zero-order chi connectivity index (χ0) is 21.0. The molecule has 30 heavy (non-hydrogen) atoms. The van der Waals surface area contributed by atoms with Crippen molar-refractivity contribution in [2.75, 3.05) is 6.61 Å². The lowest BCUT2D eigenvalue weighted by molar-refractivity contribution is -0.123. The molecule has 0 spiro atoms.